The highest BCUT2D eigenvalue weighted by atomic mass is 35.5. The molecule has 2 nitrogen and oxygen atoms in total. The fourth-order valence-corrected chi connectivity index (χ4v) is 2.90. The fraction of sp³-hybridized carbons (Fsp3) is 0.353. The molecule has 0 radical (unpaired) electrons. The molecule has 0 bridgehead atoms. The zero-order chi connectivity index (χ0) is 14.5. The molecule has 0 aliphatic carbocycles. The van der Waals surface area contributed by atoms with Crippen LogP contribution in [0, 0.1) is 6.92 Å². The summed E-state index contributed by atoms with van der Waals surface area (Å²) < 4.78 is 0. The third-order valence-corrected chi connectivity index (χ3v) is 4.12. The number of aromatic nitrogens is 1. The third-order valence-electron chi connectivity index (χ3n) is 3.77. The van der Waals surface area contributed by atoms with Crippen LogP contribution in [0.4, 0.5) is 0 Å². The van der Waals surface area contributed by atoms with Crippen molar-refractivity contribution in [3.63, 3.8) is 0 Å². The molecule has 0 aliphatic rings. The van der Waals surface area contributed by atoms with Gasteiger partial charge in [-0.1, -0.05) is 36.7 Å². The molecule has 1 unspecified atom stereocenters. The average Bonchev–Trinajstić information content (AvgIpc) is 2.47. The van der Waals surface area contributed by atoms with E-state index in [0.29, 0.717) is 6.54 Å². The Morgan fingerprint density at radius 3 is 2.70 bits per heavy atom. The molecule has 0 aliphatic heterocycles. The van der Waals surface area contributed by atoms with Crippen LogP contribution in [0.2, 0.25) is 5.02 Å². The Morgan fingerprint density at radius 2 is 2.05 bits per heavy atom. The zero-order valence-corrected chi connectivity index (χ0v) is 12.8. The number of hydrogen-bond donors (Lipinski definition) is 1. The van der Waals surface area contributed by atoms with Gasteiger partial charge in [0, 0.05) is 29.4 Å². The number of aryl methyl sites for hydroxylation is 2. The maximum atomic E-state index is 6.38. The van der Waals surface area contributed by atoms with E-state index in [9.17, 15) is 0 Å². The smallest absolute Gasteiger partial charge is 0.0479 e. The molecule has 20 heavy (non-hydrogen) atoms. The van der Waals surface area contributed by atoms with E-state index in [1.165, 1.54) is 16.7 Å². The van der Waals surface area contributed by atoms with Crippen LogP contribution in [0.1, 0.15) is 35.2 Å². The molecule has 0 spiro atoms. The Labute approximate surface area is 126 Å². The Kier molecular flexibility index (Phi) is 5.16. The van der Waals surface area contributed by atoms with E-state index in [1.807, 2.05) is 24.4 Å². The zero-order valence-electron chi connectivity index (χ0n) is 12.1. The summed E-state index contributed by atoms with van der Waals surface area (Å²) in [6.07, 6.45) is 3.66. The second kappa shape index (κ2) is 6.87. The minimum Gasteiger partial charge on any atom is -0.330 e. The van der Waals surface area contributed by atoms with Crippen LogP contribution in [-0.4, -0.2) is 11.5 Å². The predicted molar refractivity (Wildman–Crippen MR) is 85.3 cm³/mol. The molecule has 1 atom stereocenters. The molecule has 1 aromatic heterocycles. The van der Waals surface area contributed by atoms with E-state index in [2.05, 4.69) is 31.0 Å². The van der Waals surface area contributed by atoms with E-state index >= 15 is 0 Å². The molecular formula is C17H21ClN2. The standard InChI is InChI=1S/C17H21ClN2/c1-3-13-7-4-8-16(18)15(13)10-14(11-19)17-12(2)6-5-9-20-17/h4-9,14H,3,10-11,19H2,1-2H3. The molecule has 0 saturated heterocycles. The number of rotatable bonds is 5. The largest absolute Gasteiger partial charge is 0.330 e. The van der Waals surface area contributed by atoms with Crippen LogP contribution in [0.5, 0.6) is 0 Å². The number of halogens is 1. The van der Waals surface area contributed by atoms with Gasteiger partial charge in [-0.25, -0.2) is 0 Å². The van der Waals surface area contributed by atoms with Crippen molar-refractivity contribution in [1.29, 1.82) is 0 Å². The molecule has 1 heterocycles. The monoisotopic (exact) mass is 288 g/mol. The van der Waals surface area contributed by atoms with Crippen LogP contribution >= 0.6 is 11.6 Å². The van der Waals surface area contributed by atoms with Crippen LogP contribution in [-0.2, 0) is 12.8 Å². The van der Waals surface area contributed by atoms with Gasteiger partial charge < -0.3 is 5.73 Å². The number of nitrogens with two attached hydrogens (primary N) is 1. The van der Waals surface area contributed by atoms with Gasteiger partial charge in [0.15, 0.2) is 0 Å². The molecule has 2 rings (SSSR count). The quantitative estimate of drug-likeness (QED) is 0.906. The molecule has 1 aromatic carbocycles. The summed E-state index contributed by atoms with van der Waals surface area (Å²) >= 11 is 6.38. The fourth-order valence-electron chi connectivity index (χ4n) is 2.63. The minimum absolute atomic E-state index is 0.210. The molecule has 0 saturated carbocycles. The first-order valence-corrected chi connectivity index (χ1v) is 7.43. The Morgan fingerprint density at radius 1 is 1.25 bits per heavy atom. The van der Waals surface area contributed by atoms with Crippen LogP contribution < -0.4 is 5.73 Å². The van der Waals surface area contributed by atoms with Crippen molar-refractivity contribution in [2.45, 2.75) is 32.6 Å². The van der Waals surface area contributed by atoms with E-state index in [0.717, 1.165) is 23.6 Å². The summed E-state index contributed by atoms with van der Waals surface area (Å²) in [6, 6.07) is 10.1. The van der Waals surface area contributed by atoms with Crippen molar-refractivity contribution < 1.29 is 0 Å². The second-order valence-corrected chi connectivity index (χ2v) is 5.48. The van der Waals surface area contributed by atoms with Gasteiger partial charge in [0.05, 0.1) is 0 Å². The van der Waals surface area contributed by atoms with Crippen molar-refractivity contribution in [3.05, 3.63) is 63.9 Å². The first-order valence-electron chi connectivity index (χ1n) is 7.05. The maximum Gasteiger partial charge on any atom is 0.0479 e. The highest BCUT2D eigenvalue weighted by molar-refractivity contribution is 6.31. The summed E-state index contributed by atoms with van der Waals surface area (Å²) in [7, 11) is 0. The Bertz CT molecular complexity index is 581. The highest BCUT2D eigenvalue weighted by Crippen LogP contribution is 2.28. The van der Waals surface area contributed by atoms with E-state index in [1.54, 1.807) is 0 Å². The van der Waals surface area contributed by atoms with Crippen molar-refractivity contribution >= 4 is 11.6 Å². The van der Waals surface area contributed by atoms with Crippen molar-refractivity contribution in [2.75, 3.05) is 6.54 Å². The van der Waals surface area contributed by atoms with Gasteiger partial charge in [0.2, 0.25) is 0 Å². The average molecular weight is 289 g/mol. The Balaban J connectivity index is 2.34. The van der Waals surface area contributed by atoms with E-state index < -0.39 is 0 Å². The van der Waals surface area contributed by atoms with Crippen LogP contribution in [0.3, 0.4) is 0 Å². The normalized spacial score (nSPS) is 12.4. The van der Waals surface area contributed by atoms with Crippen molar-refractivity contribution in [1.82, 2.24) is 4.98 Å². The number of hydrogen-bond acceptors (Lipinski definition) is 2. The molecule has 2 aromatic rings. The predicted octanol–water partition coefficient (Wildman–Crippen LogP) is 3.89. The van der Waals surface area contributed by atoms with Gasteiger partial charge in [-0.3, -0.25) is 4.98 Å². The SMILES string of the molecule is CCc1cccc(Cl)c1CC(CN)c1ncccc1C. The van der Waals surface area contributed by atoms with Gasteiger partial charge >= 0.3 is 0 Å². The lowest BCUT2D eigenvalue weighted by atomic mass is 9.90. The summed E-state index contributed by atoms with van der Waals surface area (Å²) in [5.41, 5.74) is 10.8. The maximum absolute atomic E-state index is 6.38. The lowest BCUT2D eigenvalue weighted by molar-refractivity contribution is 0.664. The topological polar surface area (TPSA) is 38.9 Å². The van der Waals surface area contributed by atoms with Crippen LogP contribution in [0.25, 0.3) is 0 Å². The first-order chi connectivity index (χ1) is 9.67. The molecule has 2 N–H and O–H groups in total. The van der Waals surface area contributed by atoms with E-state index in [4.69, 9.17) is 17.3 Å². The molecule has 0 amide bonds. The van der Waals surface area contributed by atoms with Gasteiger partial charge in [-0.15, -0.1) is 0 Å². The summed E-state index contributed by atoms with van der Waals surface area (Å²) in [6.45, 7) is 4.81. The minimum atomic E-state index is 0.210. The van der Waals surface area contributed by atoms with Crippen molar-refractivity contribution in [2.24, 2.45) is 5.73 Å². The highest BCUT2D eigenvalue weighted by Gasteiger charge is 2.17. The lowest BCUT2D eigenvalue weighted by Gasteiger charge is -2.19. The molecule has 0 fully saturated rings. The van der Waals surface area contributed by atoms with Gasteiger partial charge in [-0.2, -0.15) is 0 Å². The lowest BCUT2D eigenvalue weighted by Crippen LogP contribution is -2.18. The Hall–Kier alpha value is -1.38. The number of nitrogens with zero attached hydrogens (tertiary/aromatic N) is 1. The number of pyridine rings is 1. The second-order valence-electron chi connectivity index (χ2n) is 5.07. The number of benzene rings is 1. The third kappa shape index (κ3) is 3.20. The van der Waals surface area contributed by atoms with Crippen molar-refractivity contribution in [3.8, 4) is 0 Å². The summed E-state index contributed by atoms with van der Waals surface area (Å²) in [4.78, 5) is 4.51. The van der Waals surface area contributed by atoms with Gasteiger partial charge in [0.25, 0.3) is 0 Å². The van der Waals surface area contributed by atoms with Gasteiger partial charge in [-0.05, 0) is 48.6 Å². The molecule has 106 valence electrons. The van der Waals surface area contributed by atoms with Gasteiger partial charge in [0.1, 0.15) is 0 Å². The summed E-state index contributed by atoms with van der Waals surface area (Å²) in [5.74, 6) is 0.210. The van der Waals surface area contributed by atoms with E-state index in [-0.39, 0.29) is 5.92 Å². The first kappa shape index (κ1) is 15.0. The summed E-state index contributed by atoms with van der Waals surface area (Å²) in [5, 5.41) is 0.830. The molecule has 3 heteroatoms. The molecular weight excluding hydrogens is 268 g/mol. The van der Waals surface area contributed by atoms with Crippen LogP contribution in [0.15, 0.2) is 36.5 Å².